The van der Waals surface area contributed by atoms with Crippen LogP contribution >= 0.6 is 0 Å². The normalized spacial score (nSPS) is 21.5. The van der Waals surface area contributed by atoms with Crippen molar-refractivity contribution in [2.24, 2.45) is 0 Å². The van der Waals surface area contributed by atoms with Gasteiger partial charge in [-0.1, -0.05) is 0 Å². The average Bonchev–Trinajstić information content (AvgIpc) is 2.77. The van der Waals surface area contributed by atoms with Gasteiger partial charge < -0.3 is 9.84 Å². The first-order chi connectivity index (χ1) is 9.19. The van der Waals surface area contributed by atoms with E-state index in [2.05, 4.69) is 18.1 Å². The second kappa shape index (κ2) is 7.06. The summed E-state index contributed by atoms with van der Waals surface area (Å²) in [5.41, 5.74) is 2.16. The van der Waals surface area contributed by atoms with Gasteiger partial charge in [-0.05, 0) is 52.0 Å². The van der Waals surface area contributed by atoms with E-state index in [-0.39, 0.29) is 6.10 Å². The van der Waals surface area contributed by atoms with Crippen LogP contribution in [-0.2, 0) is 17.7 Å². The zero-order valence-electron chi connectivity index (χ0n) is 12.1. The predicted octanol–water partition coefficient (Wildman–Crippen LogP) is 2.46. The van der Waals surface area contributed by atoms with Crippen molar-refractivity contribution in [3.05, 3.63) is 17.5 Å². The molecule has 2 rings (SSSR count). The monoisotopic (exact) mass is 266 g/mol. The van der Waals surface area contributed by atoms with Crippen molar-refractivity contribution in [3.63, 3.8) is 0 Å². The number of rotatable bonds is 6. The third kappa shape index (κ3) is 4.32. The van der Waals surface area contributed by atoms with E-state index in [4.69, 9.17) is 4.74 Å². The van der Waals surface area contributed by atoms with E-state index in [0.717, 1.165) is 43.8 Å². The van der Waals surface area contributed by atoms with Crippen molar-refractivity contribution in [2.75, 3.05) is 6.61 Å². The third-order valence-electron chi connectivity index (χ3n) is 3.83. The van der Waals surface area contributed by atoms with Crippen molar-refractivity contribution in [1.29, 1.82) is 0 Å². The standard InChI is InChI=1S/C15H26N2O2/c1-3-17-13(10-12(2)16-17)11-14(18)7-8-15-6-4-5-9-19-15/h10,14-15,18H,3-9,11H2,1-2H3. The van der Waals surface area contributed by atoms with Crippen LogP contribution in [0, 0.1) is 6.92 Å². The largest absolute Gasteiger partial charge is 0.393 e. The van der Waals surface area contributed by atoms with Crippen LogP contribution in [0.3, 0.4) is 0 Å². The zero-order chi connectivity index (χ0) is 13.7. The Balaban J connectivity index is 1.78. The van der Waals surface area contributed by atoms with Crippen molar-refractivity contribution < 1.29 is 9.84 Å². The van der Waals surface area contributed by atoms with Crippen LogP contribution in [0.5, 0.6) is 0 Å². The average molecular weight is 266 g/mol. The number of hydrogen-bond acceptors (Lipinski definition) is 3. The fourth-order valence-electron chi connectivity index (χ4n) is 2.79. The molecule has 19 heavy (non-hydrogen) atoms. The minimum absolute atomic E-state index is 0.285. The Bertz CT molecular complexity index is 383. The maximum Gasteiger partial charge on any atom is 0.0596 e. The van der Waals surface area contributed by atoms with E-state index in [1.165, 1.54) is 12.8 Å². The van der Waals surface area contributed by atoms with Crippen molar-refractivity contribution >= 4 is 0 Å². The number of aliphatic hydroxyl groups is 1. The molecular weight excluding hydrogens is 240 g/mol. The summed E-state index contributed by atoms with van der Waals surface area (Å²) in [5.74, 6) is 0. The van der Waals surface area contributed by atoms with Crippen LogP contribution in [0.2, 0.25) is 0 Å². The molecule has 4 nitrogen and oxygen atoms in total. The summed E-state index contributed by atoms with van der Waals surface area (Å²) < 4.78 is 7.68. The molecule has 1 aliphatic rings. The molecule has 0 bridgehead atoms. The molecule has 1 saturated heterocycles. The van der Waals surface area contributed by atoms with Crippen LogP contribution in [0.15, 0.2) is 6.07 Å². The Hall–Kier alpha value is -0.870. The Kier molecular flexibility index (Phi) is 5.40. The molecule has 4 heteroatoms. The SMILES string of the molecule is CCn1nc(C)cc1CC(O)CCC1CCCCO1. The second-order valence-corrected chi connectivity index (χ2v) is 5.52. The zero-order valence-corrected chi connectivity index (χ0v) is 12.1. The summed E-state index contributed by atoms with van der Waals surface area (Å²) in [6.07, 6.45) is 6.17. The van der Waals surface area contributed by atoms with Crippen LogP contribution in [0.25, 0.3) is 0 Å². The number of hydrogen-bond donors (Lipinski definition) is 1. The molecule has 1 aromatic heterocycles. The maximum atomic E-state index is 10.2. The van der Waals surface area contributed by atoms with Gasteiger partial charge in [-0.2, -0.15) is 5.10 Å². The fraction of sp³-hybridized carbons (Fsp3) is 0.800. The molecule has 1 N–H and O–H groups in total. The first-order valence-electron chi connectivity index (χ1n) is 7.52. The van der Waals surface area contributed by atoms with E-state index in [1.54, 1.807) is 0 Å². The van der Waals surface area contributed by atoms with Gasteiger partial charge in [-0.15, -0.1) is 0 Å². The molecule has 2 atom stereocenters. The Labute approximate surface area is 115 Å². The third-order valence-corrected chi connectivity index (χ3v) is 3.83. The number of ether oxygens (including phenoxy) is 1. The van der Waals surface area contributed by atoms with Crippen molar-refractivity contribution in [3.8, 4) is 0 Å². The topological polar surface area (TPSA) is 47.3 Å². The van der Waals surface area contributed by atoms with E-state index in [9.17, 15) is 5.11 Å². The van der Waals surface area contributed by atoms with Crippen LogP contribution in [0.4, 0.5) is 0 Å². The van der Waals surface area contributed by atoms with E-state index in [1.807, 2.05) is 11.6 Å². The summed E-state index contributed by atoms with van der Waals surface area (Å²) in [5, 5.41) is 14.6. The van der Waals surface area contributed by atoms with Gasteiger partial charge in [0.25, 0.3) is 0 Å². The summed E-state index contributed by atoms with van der Waals surface area (Å²) in [4.78, 5) is 0. The Morgan fingerprint density at radius 1 is 1.53 bits per heavy atom. The van der Waals surface area contributed by atoms with Crippen molar-refractivity contribution in [2.45, 2.75) is 71.1 Å². The molecule has 108 valence electrons. The molecule has 0 radical (unpaired) electrons. The molecule has 0 aromatic carbocycles. The molecule has 2 heterocycles. The lowest BCUT2D eigenvalue weighted by atomic mass is 10.0. The highest BCUT2D eigenvalue weighted by molar-refractivity contribution is 5.09. The van der Waals surface area contributed by atoms with E-state index >= 15 is 0 Å². The summed E-state index contributed by atoms with van der Waals surface area (Å²) >= 11 is 0. The quantitative estimate of drug-likeness (QED) is 0.860. The molecule has 1 aromatic rings. The second-order valence-electron chi connectivity index (χ2n) is 5.52. The summed E-state index contributed by atoms with van der Waals surface area (Å²) in [7, 11) is 0. The highest BCUT2D eigenvalue weighted by Crippen LogP contribution is 2.19. The first-order valence-corrected chi connectivity index (χ1v) is 7.52. The predicted molar refractivity (Wildman–Crippen MR) is 75.2 cm³/mol. The molecule has 0 spiro atoms. The molecule has 0 amide bonds. The Morgan fingerprint density at radius 2 is 2.37 bits per heavy atom. The fourth-order valence-corrected chi connectivity index (χ4v) is 2.79. The van der Waals surface area contributed by atoms with Crippen LogP contribution < -0.4 is 0 Å². The van der Waals surface area contributed by atoms with Gasteiger partial charge in [0.1, 0.15) is 0 Å². The van der Waals surface area contributed by atoms with Gasteiger partial charge >= 0.3 is 0 Å². The van der Waals surface area contributed by atoms with E-state index < -0.39 is 0 Å². The number of aryl methyl sites for hydroxylation is 2. The van der Waals surface area contributed by atoms with Gasteiger partial charge in [0.15, 0.2) is 0 Å². The lowest BCUT2D eigenvalue weighted by Gasteiger charge is -2.23. The van der Waals surface area contributed by atoms with Crippen LogP contribution in [-0.4, -0.2) is 33.7 Å². The lowest BCUT2D eigenvalue weighted by Crippen LogP contribution is -2.22. The lowest BCUT2D eigenvalue weighted by molar-refractivity contribution is 0.00222. The number of aliphatic hydroxyl groups excluding tert-OH is 1. The maximum absolute atomic E-state index is 10.2. The molecule has 0 saturated carbocycles. The molecule has 2 unspecified atom stereocenters. The minimum Gasteiger partial charge on any atom is -0.393 e. The molecule has 1 fully saturated rings. The van der Waals surface area contributed by atoms with Gasteiger partial charge in [-0.25, -0.2) is 0 Å². The molecule has 0 aliphatic carbocycles. The summed E-state index contributed by atoms with van der Waals surface area (Å²) in [6, 6.07) is 2.07. The van der Waals surface area contributed by atoms with Crippen molar-refractivity contribution in [1.82, 2.24) is 9.78 Å². The summed E-state index contributed by atoms with van der Waals surface area (Å²) in [6.45, 7) is 5.83. The van der Waals surface area contributed by atoms with E-state index in [0.29, 0.717) is 12.5 Å². The first kappa shape index (κ1) is 14.5. The number of nitrogens with zero attached hydrogens (tertiary/aromatic N) is 2. The number of aromatic nitrogens is 2. The Morgan fingerprint density at radius 3 is 3.05 bits per heavy atom. The highest BCUT2D eigenvalue weighted by atomic mass is 16.5. The molecular formula is C15H26N2O2. The minimum atomic E-state index is -0.285. The van der Waals surface area contributed by atoms with Gasteiger partial charge in [-0.3, -0.25) is 4.68 Å². The van der Waals surface area contributed by atoms with Gasteiger partial charge in [0.2, 0.25) is 0 Å². The van der Waals surface area contributed by atoms with Crippen LogP contribution in [0.1, 0.15) is 50.4 Å². The molecule has 1 aliphatic heterocycles. The smallest absolute Gasteiger partial charge is 0.0596 e. The highest BCUT2D eigenvalue weighted by Gasteiger charge is 2.17. The van der Waals surface area contributed by atoms with Gasteiger partial charge in [0, 0.05) is 25.3 Å². The van der Waals surface area contributed by atoms with Gasteiger partial charge in [0.05, 0.1) is 17.9 Å².